The van der Waals surface area contributed by atoms with Crippen molar-refractivity contribution in [3.8, 4) is 5.88 Å². The van der Waals surface area contributed by atoms with Crippen LogP contribution >= 0.6 is 0 Å². The Kier molecular flexibility index (Phi) is 2.98. The summed E-state index contributed by atoms with van der Waals surface area (Å²) >= 11 is 0. The molecule has 0 radical (unpaired) electrons. The molecule has 0 aliphatic heterocycles. The van der Waals surface area contributed by atoms with E-state index < -0.39 is 0 Å². The summed E-state index contributed by atoms with van der Waals surface area (Å²) in [7, 11) is 1.88. The van der Waals surface area contributed by atoms with Crippen LogP contribution in [0.2, 0.25) is 0 Å². The molecule has 1 N–H and O–H groups in total. The molecule has 0 amide bonds. The van der Waals surface area contributed by atoms with Crippen LogP contribution in [0.5, 0.6) is 5.88 Å². The largest absolute Gasteiger partial charge is 0.472 e. The lowest BCUT2D eigenvalue weighted by molar-refractivity contribution is 0.122. The Balaban J connectivity index is 2.37. The van der Waals surface area contributed by atoms with Crippen LogP contribution in [0.25, 0.3) is 0 Å². The summed E-state index contributed by atoms with van der Waals surface area (Å²) < 4.78 is 5.90. The highest BCUT2D eigenvalue weighted by molar-refractivity contribution is 5.48. The van der Waals surface area contributed by atoms with Gasteiger partial charge < -0.3 is 10.1 Å². The standard InChI is InChI=1S/C13H21N3O/c1-8-10(14-5)15-11(9-6-7-9)16-12(8)17-13(2,3)4/h9H,6-7H2,1-5H3,(H,14,15,16). The molecular weight excluding hydrogens is 214 g/mol. The predicted octanol–water partition coefficient (Wildman–Crippen LogP) is 2.88. The van der Waals surface area contributed by atoms with E-state index in [0.717, 1.165) is 17.2 Å². The number of ether oxygens (including phenoxy) is 1. The lowest BCUT2D eigenvalue weighted by Crippen LogP contribution is -2.24. The van der Waals surface area contributed by atoms with Crippen LogP contribution in [-0.2, 0) is 0 Å². The molecule has 1 aliphatic rings. The monoisotopic (exact) mass is 235 g/mol. The van der Waals surface area contributed by atoms with Gasteiger partial charge in [0.25, 0.3) is 0 Å². The maximum atomic E-state index is 5.90. The van der Waals surface area contributed by atoms with Crippen molar-refractivity contribution in [1.82, 2.24) is 9.97 Å². The Bertz CT molecular complexity index is 419. The minimum atomic E-state index is -0.231. The molecule has 1 aromatic heterocycles. The number of nitrogens with zero attached hydrogens (tertiary/aromatic N) is 2. The van der Waals surface area contributed by atoms with Crippen molar-refractivity contribution in [2.45, 2.75) is 52.1 Å². The number of aromatic nitrogens is 2. The van der Waals surface area contributed by atoms with E-state index in [4.69, 9.17) is 4.74 Å². The molecule has 1 heterocycles. The fourth-order valence-corrected chi connectivity index (χ4v) is 1.67. The molecule has 0 bridgehead atoms. The third kappa shape index (κ3) is 2.87. The van der Waals surface area contributed by atoms with Crippen LogP contribution in [0.4, 0.5) is 5.82 Å². The number of hydrogen-bond acceptors (Lipinski definition) is 4. The summed E-state index contributed by atoms with van der Waals surface area (Å²) in [6.07, 6.45) is 2.39. The van der Waals surface area contributed by atoms with E-state index >= 15 is 0 Å². The van der Waals surface area contributed by atoms with Gasteiger partial charge in [-0.3, -0.25) is 0 Å². The Hall–Kier alpha value is -1.32. The molecule has 0 unspecified atom stereocenters. The van der Waals surface area contributed by atoms with E-state index in [2.05, 4.69) is 15.3 Å². The Morgan fingerprint density at radius 3 is 2.35 bits per heavy atom. The Morgan fingerprint density at radius 1 is 1.24 bits per heavy atom. The molecule has 2 rings (SSSR count). The first-order valence-corrected chi connectivity index (χ1v) is 6.16. The smallest absolute Gasteiger partial charge is 0.222 e. The molecule has 4 heteroatoms. The van der Waals surface area contributed by atoms with Gasteiger partial charge in [0.1, 0.15) is 17.2 Å². The predicted molar refractivity (Wildman–Crippen MR) is 68.7 cm³/mol. The van der Waals surface area contributed by atoms with Crippen molar-refractivity contribution < 1.29 is 4.74 Å². The first-order chi connectivity index (χ1) is 7.90. The normalized spacial score (nSPS) is 15.8. The average Bonchev–Trinajstić information content (AvgIpc) is 3.02. The van der Waals surface area contributed by atoms with Gasteiger partial charge in [0.15, 0.2) is 0 Å². The zero-order valence-electron chi connectivity index (χ0n) is 11.3. The quantitative estimate of drug-likeness (QED) is 0.875. The molecular formula is C13H21N3O. The van der Waals surface area contributed by atoms with Gasteiger partial charge in [0.2, 0.25) is 5.88 Å². The van der Waals surface area contributed by atoms with Crippen molar-refractivity contribution in [2.24, 2.45) is 0 Å². The van der Waals surface area contributed by atoms with Crippen molar-refractivity contribution >= 4 is 5.82 Å². The zero-order valence-corrected chi connectivity index (χ0v) is 11.3. The third-order valence-electron chi connectivity index (χ3n) is 2.70. The molecule has 94 valence electrons. The molecule has 1 saturated carbocycles. The summed E-state index contributed by atoms with van der Waals surface area (Å²) in [5.41, 5.74) is 0.747. The Labute approximate surface area is 103 Å². The zero-order chi connectivity index (χ0) is 12.6. The van der Waals surface area contributed by atoms with Gasteiger partial charge >= 0.3 is 0 Å². The van der Waals surface area contributed by atoms with Gasteiger partial charge in [-0.1, -0.05) is 0 Å². The summed E-state index contributed by atoms with van der Waals surface area (Å²) in [5.74, 6) is 3.03. The molecule has 0 aromatic carbocycles. The molecule has 4 nitrogen and oxygen atoms in total. The number of nitrogens with one attached hydrogen (secondary N) is 1. The maximum absolute atomic E-state index is 5.90. The van der Waals surface area contributed by atoms with E-state index in [1.807, 2.05) is 34.7 Å². The van der Waals surface area contributed by atoms with Crippen LogP contribution < -0.4 is 10.1 Å². The van der Waals surface area contributed by atoms with Crippen molar-refractivity contribution in [1.29, 1.82) is 0 Å². The SMILES string of the molecule is CNc1nc(C2CC2)nc(OC(C)(C)C)c1C. The highest BCUT2D eigenvalue weighted by atomic mass is 16.5. The fourth-order valence-electron chi connectivity index (χ4n) is 1.67. The summed E-state index contributed by atoms with van der Waals surface area (Å²) in [6, 6.07) is 0. The first kappa shape index (κ1) is 12.1. The van der Waals surface area contributed by atoms with Crippen LogP contribution in [0.3, 0.4) is 0 Å². The Morgan fingerprint density at radius 2 is 1.88 bits per heavy atom. The van der Waals surface area contributed by atoms with E-state index in [9.17, 15) is 0 Å². The van der Waals surface area contributed by atoms with Crippen molar-refractivity contribution in [2.75, 3.05) is 12.4 Å². The number of hydrogen-bond donors (Lipinski definition) is 1. The van der Waals surface area contributed by atoms with Crippen LogP contribution in [-0.4, -0.2) is 22.6 Å². The third-order valence-corrected chi connectivity index (χ3v) is 2.70. The van der Waals surface area contributed by atoms with Gasteiger partial charge in [-0.2, -0.15) is 4.98 Å². The minimum absolute atomic E-state index is 0.231. The summed E-state index contributed by atoms with van der Waals surface area (Å²) in [5, 5.41) is 3.11. The van der Waals surface area contributed by atoms with Crippen LogP contribution in [0.15, 0.2) is 0 Å². The second-order valence-corrected chi connectivity index (χ2v) is 5.60. The van der Waals surface area contributed by atoms with Crippen LogP contribution in [0.1, 0.15) is 50.9 Å². The van der Waals surface area contributed by atoms with Crippen molar-refractivity contribution in [3.05, 3.63) is 11.4 Å². The van der Waals surface area contributed by atoms with Gasteiger partial charge in [-0.05, 0) is 40.5 Å². The number of anilines is 1. The van der Waals surface area contributed by atoms with Gasteiger partial charge in [-0.15, -0.1) is 0 Å². The second-order valence-electron chi connectivity index (χ2n) is 5.60. The van der Waals surface area contributed by atoms with Gasteiger partial charge in [0, 0.05) is 13.0 Å². The minimum Gasteiger partial charge on any atom is -0.472 e. The lowest BCUT2D eigenvalue weighted by Gasteiger charge is -2.22. The summed E-state index contributed by atoms with van der Waals surface area (Å²) in [4.78, 5) is 9.10. The highest BCUT2D eigenvalue weighted by Gasteiger charge is 2.29. The molecule has 1 aliphatic carbocycles. The molecule has 0 spiro atoms. The maximum Gasteiger partial charge on any atom is 0.222 e. The van der Waals surface area contributed by atoms with E-state index in [0.29, 0.717) is 11.8 Å². The lowest BCUT2D eigenvalue weighted by atomic mass is 10.2. The van der Waals surface area contributed by atoms with Crippen LogP contribution in [0, 0.1) is 6.92 Å². The molecule has 17 heavy (non-hydrogen) atoms. The topological polar surface area (TPSA) is 47.0 Å². The van der Waals surface area contributed by atoms with E-state index in [1.165, 1.54) is 12.8 Å². The summed E-state index contributed by atoms with van der Waals surface area (Å²) in [6.45, 7) is 8.09. The average molecular weight is 235 g/mol. The highest BCUT2D eigenvalue weighted by Crippen LogP contribution is 2.40. The van der Waals surface area contributed by atoms with E-state index in [1.54, 1.807) is 0 Å². The number of rotatable bonds is 3. The molecule has 0 atom stereocenters. The fraction of sp³-hybridized carbons (Fsp3) is 0.692. The second kappa shape index (κ2) is 4.17. The van der Waals surface area contributed by atoms with Crippen molar-refractivity contribution in [3.63, 3.8) is 0 Å². The molecule has 1 aromatic rings. The van der Waals surface area contributed by atoms with E-state index in [-0.39, 0.29) is 5.60 Å². The van der Waals surface area contributed by atoms with Gasteiger partial charge in [-0.25, -0.2) is 4.98 Å². The first-order valence-electron chi connectivity index (χ1n) is 6.16. The molecule has 1 fully saturated rings. The van der Waals surface area contributed by atoms with Gasteiger partial charge in [0.05, 0.1) is 5.56 Å². The molecule has 0 saturated heterocycles.